The van der Waals surface area contributed by atoms with Gasteiger partial charge in [0, 0.05) is 31.2 Å². The highest BCUT2D eigenvalue weighted by molar-refractivity contribution is 5.93. The maximum Gasteiger partial charge on any atom is 0.229 e. The maximum absolute atomic E-state index is 12.6. The molecule has 25 heavy (non-hydrogen) atoms. The molecule has 3 rings (SSSR count). The Hall–Kier alpha value is -2.43. The van der Waals surface area contributed by atoms with Crippen molar-refractivity contribution in [3.8, 4) is 0 Å². The van der Waals surface area contributed by atoms with Crippen LogP contribution in [0.4, 0.5) is 11.6 Å². The number of carbonyl (C=O) groups excluding carboxylic acids is 1. The molecule has 2 heterocycles. The number of benzene rings is 1. The molecule has 0 unspecified atom stereocenters. The molecule has 1 amide bonds. The molecule has 5 nitrogen and oxygen atoms in total. The maximum atomic E-state index is 12.6. The molecular weight excluding hydrogens is 312 g/mol. The molecule has 2 atom stereocenters. The summed E-state index contributed by atoms with van der Waals surface area (Å²) < 4.78 is 0. The standard InChI is InChI=1S/C20H26N4O/c1-3-15(2)16-7-9-18(10-8-16)23-19(25)17-6-4-13-24(14-17)20-21-11-5-12-22-20/h5,7-12,15,17H,3-4,6,13-14H2,1-2H3,(H,23,25)/t15-,17+/m0/s1. The number of piperidine rings is 1. The molecule has 1 aliphatic rings. The van der Waals surface area contributed by atoms with E-state index in [2.05, 4.69) is 46.2 Å². The zero-order valence-electron chi connectivity index (χ0n) is 15.0. The van der Waals surface area contributed by atoms with Crippen molar-refractivity contribution in [3.63, 3.8) is 0 Å². The van der Waals surface area contributed by atoms with Crippen LogP contribution in [0, 0.1) is 5.92 Å². The van der Waals surface area contributed by atoms with Crippen molar-refractivity contribution in [2.75, 3.05) is 23.3 Å². The normalized spacial score (nSPS) is 18.6. The third-order valence-electron chi connectivity index (χ3n) is 4.99. The minimum absolute atomic E-state index is 0.0354. The van der Waals surface area contributed by atoms with E-state index in [0.29, 0.717) is 18.4 Å². The van der Waals surface area contributed by atoms with E-state index in [9.17, 15) is 4.79 Å². The summed E-state index contributed by atoms with van der Waals surface area (Å²) in [5, 5.41) is 3.06. The van der Waals surface area contributed by atoms with Crippen molar-refractivity contribution >= 4 is 17.5 Å². The lowest BCUT2D eigenvalue weighted by atomic mass is 9.96. The fourth-order valence-corrected chi connectivity index (χ4v) is 3.20. The Kier molecular flexibility index (Phi) is 5.64. The molecule has 0 aliphatic carbocycles. The van der Waals surface area contributed by atoms with E-state index in [-0.39, 0.29) is 11.8 Å². The summed E-state index contributed by atoms with van der Waals surface area (Å²) in [7, 11) is 0. The van der Waals surface area contributed by atoms with Gasteiger partial charge in [-0.05, 0) is 48.9 Å². The second-order valence-electron chi connectivity index (χ2n) is 6.75. The lowest BCUT2D eigenvalue weighted by molar-refractivity contribution is -0.120. The molecule has 0 radical (unpaired) electrons. The van der Waals surface area contributed by atoms with Gasteiger partial charge in [0.2, 0.25) is 11.9 Å². The van der Waals surface area contributed by atoms with E-state index < -0.39 is 0 Å². The highest BCUT2D eigenvalue weighted by atomic mass is 16.1. The largest absolute Gasteiger partial charge is 0.340 e. The zero-order chi connectivity index (χ0) is 17.6. The topological polar surface area (TPSA) is 58.1 Å². The van der Waals surface area contributed by atoms with Crippen molar-refractivity contribution in [1.29, 1.82) is 0 Å². The Bertz CT molecular complexity index is 687. The predicted octanol–water partition coefficient (Wildman–Crippen LogP) is 3.85. The van der Waals surface area contributed by atoms with Gasteiger partial charge >= 0.3 is 0 Å². The van der Waals surface area contributed by atoms with Crippen LogP contribution in [0.25, 0.3) is 0 Å². The van der Waals surface area contributed by atoms with E-state index >= 15 is 0 Å². The molecule has 0 spiro atoms. The molecule has 1 saturated heterocycles. The van der Waals surface area contributed by atoms with Gasteiger partial charge in [-0.2, -0.15) is 0 Å². The van der Waals surface area contributed by atoms with E-state index in [0.717, 1.165) is 31.5 Å². The van der Waals surface area contributed by atoms with E-state index in [4.69, 9.17) is 0 Å². The van der Waals surface area contributed by atoms with Crippen molar-refractivity contribution < 1.29 is 4.79 Å². The van der Waals surface area contributed by atoms with Gasteiger partial charge in [0.05, 0.1) is 5.92 Å². The van der Waals surface area contributed by atoms with Gasteiger partial charge in [-0.25, -0.2) is 9.97 Å². The lowest BCUT2D eigenvalue weighted by Gasteiger charge is -2.31. The molecule has 1 aliphatic heterocycles. The summed E-state index contributed by atoms with van der Waals surface area (Å²) in [5.41, 5.74) is 2.18. The highest BCUT2D eigenvalue weighted by Crippen LogP contribution is 2.23. The predicted molar refractivity (Wildman–Crippen MR) is 101 cm³/mol. The fourth-order valence-electron chi connectivity index (χ4n) is 3.20. The van der Waals surface area contributed by atoms with Gasteiger partial charge in [-0.15, -0.1) is 0 Å². The van der Waals surface area contributed by atoms with Gasteiger partial charge in [0.1, 0.15) is 0 Å². The first kappa shape index (κ1) is 17.4. The van der Waals surface area contributed by atoms with Crippen LogP contribution in [-0.4, -0.2) is 29.0 Å². The van der Waals surface area contributed by atoms with Crippen LogP contribution < -0.4 is 10.2 Å². The molecule has 5 heteroatoms. The first-order valence-corrected chi connectivity index (χ1v) is 9.10. The monoisotopic (exact) mass is 338 g/mol. The Morgan fingerprint density at radius 3 is 2.68 bits per heavy atom. The number of anilines is 2. The first-order chi connectivity index (χ1) is 12.2. The summed E-state index contributed by atoms with van der Waals surface area (Å²) in [6.07, 6.45) is 6.48. The third kappa shape index (κ3) is 4.35. The van der Waals surface area contributed by atoms with Crippen molar-refractivity contribution in [3.05, 3.63) is 48.3 Å². The molecule has 1 aromatic carbocycles. The molecule has 1 fully saturated rings. The van der Waals surface area contributed by atoms with Gasteiger partial charge in [-0.3, -0.25) is 4.79 Å². The number of carbonyl (C=O) groups is 1. The number of amides is 1. The Morgan fingerprint density at radius 1 is 1.28 bits per heavy atom. The molecule has 1 N–H and O–H groups in total. The summed E-state index contributed by atoms with van der Waals surface area (Å²) >= 11 is 0. The molecule has 2 aromatic rings. The van der Waals surface area contributed by atoms with Crippen LogP contribution in [-0.2, 0) is 4.79 Å². The van der Waals surface area contributed by atoms with Gasteiger partial charge in [-0.1, -0.05) is 26.0 Å². The zero-order valence-corrected chi connectivity index (χ0v) is 15.0. The summed E-state index contributed by atoms with van der Waals surface area (Å²) in [6.45, 7) is 5.97. The van der Waals surface area contributed by atoms with Crippen LogP contribution in [0.5, 0.6) is 0 Å². The molecule has 0 bridgehead atoms. The SMILES string of the molecule is CC[C@H](C)c1ccc(NC(=O)[C@@H]2CCCN(c3ncccn3)C2)cc1. The summed E-state index contributed by atoms with van der Waals surface area (Å²) in [5.74, 6) is 1.30. The average Bonchev–Trinajstić information content (AvgIpc) is 2.68. The van der Waals surface area contributed by atoms with Crippen molar-refractivity contribution in [1.82, 2.24) is 9.97 Å². The number of nitrogens with one attached hydrogen (secondary N) is 1. The van der Waals surface area contributed by atoms with E-state index in [1.807, 2.05) is 12.1 Å². The minimum atomic E-state index is -0.0354. The summed E-state index contributed by atoms with van der Waals surface area (Å²) in [6, 6.07) is 10.0. The molecular formula is C20H26N4O. The second kappa shape index (κ2) is 8.10. The molecule has 0 saturated carbocycles. The van der Waals surface area contributed by atoms with Gasteiger partial charge in [0.25, 0.3) is 0 Å². The highest BCUT2D eigenvalue weighted by Gasteiger charge is 2.27. The van der Waals surface area contributed by atoms with Gasteiger partial charge < -0.3 is 10.2 Å². The van der Waals surface area contributed by atoms with E-state index in [1.165, 1.54) is 5.56 Å². The summed E-state index contributed by atoms with van der Waals surface area (Å²) in [4.78, 5) is 23.3. The number of hydrogen-bond acceptors (Lipinski definition) is 4. The van der Waals surface area contributed by atoms with Crippen molar-refractivity contribution in [2.45, 2.75) is 39.0 Å². The fraction of sp³-hybridized carbons (Fsp3) is 0.450. The average molecular weight is 338 g/mol. The quantitative estimate of drug-likeness (QED) is 0.900. The molecule has 1 aromatic heterocycles. The van der Waals surface area contributed by atoms with Crippen LogP contribution in [0.2, 0.25) is 0 Å². The van der Waals surface area contributed by atoms with Crippen LogP contribution in [0.3, 0.4) is 0 Å². The number of aromatic nitrogens is 2. The van der Waals surface area contributed by atoms with Gasteiger partial charge in [0.15, 0.2) is 0 Å². The Morgan fingerprint density at radius 2 is 2.00 bits per heavy atom. The minimum Gasteiger partial charge on any atom is -0.340 e. The second-order valence-corrected chi connectivity index (χ2v) is 6.75. The number of rotatable bonds is 5. The number of hydrogen-bond donors (Lipinski definition) is 1. The van der Waals surface area contributed by atoms with Crippen LogP contribution >= 0.6 is 0 Å². The first-order valence-electron chi connectivity index (χ1n) is 9.10. The molecule has 132 valence electrons. The lowest BCUT2D eigenvalue weighted by Crippen LogP contribution is -2.41. The smallest absolute Gasteiger partial charge is 0.229 e. The van der Waals surface area contributed by atoms with Crippen LogP contribution in [0.1, 0.15) is 44.6 Å². The third-order valence-corrected chi connectivity index (χ3v) is 4.99. The Labute approximate surface area is 149 Å². The van der Waals surface area contributed by atoms with Crippen molar-refractivity contribution in [2.24, 2.45) is 5.92 Å². The number of nitrogens with zero attached hydrogens (tertiary/aromatic N) is 3. The Balaban J connectivity index is 1.61. The van der Waals surface area contributed by atoms with E-state index in [1.54, 1.807) is 18.5 Å². The van der Waals surface area contributed by atoms with Crippen LogP contribution in [0.15, 0.2) is 42.7 Å².